The summed E-state index contributed by atoms with van der Waals surface area (Å²) in [5, 5.41) is 3.19. The molecule has 0 aromatic heterocycles. The predicted molar refractivity (Wildman–Crippen MR) is 98.4 cm³/mol. The summed E-state index contributed by atoms with van der Waals surface area (Å²) in [4.78, 5) is 6.94. The van der Waals surface area contributed by atoms with E-state index in [1.165, 1.54) is 56.3 Å². The summed E-state index contributed by atoms with van der Waals surface area (Å²) in [5.41, 5.74) is 8.51. The summed E-state index contributed by atoms with van der Waals surface area (Å²) < 4.78 is 0. The van der Waals surface area contributed by atoms with Gasteiger partial charge in [-0.2, -0.15) is 0 Å². The fourth-order valence-corrected chi connectivity index (χ4v) is 2.95. The second-order valence-corrected chi connectivity index (χ2v) is 6.49. The molecule has 1 aliphatic rings. The van der Waals surface area contributed by atoms with E-state index < -0.39 is 0 Å². The zero-order chi connectivity index (χ0) is 16.3. The molecule has 1 aromatic rings. The second-order valence-electron chi connectivity index (χ2n) is 6.49. The van der Waals surface area contributed by atoms with E-state index in [1.807, 2.05) is 0 Å². The quantitative estimate of drug-likeness (QED) is 0.418. The molecule has 0 amide bonds. The Morgan fingerprint density at radius 3 is 2.48 bits per heavy atom. The highest BCUT2D eigenvalue weighted by Crippen LogP contribution is 2.13. The van der Waals surface area contributed by atoms with E-state index in [9.17, 15) is 0 Å². The number of guanidine groups is 1. The standard InChI is InChI=1S/C19H32N4/c1-2-3-4-5-12-21-19(20)22-15-17-8-10-18(11-9-17)16-23-13-6-7-14-23/h8-11H,2-7,12-16H2,1H3,(H3,20,21,22). The van der Waals surface area contributed by atoms with Gasteiger partial charge in [-0.1, -0.05) is 50.5 Å². The van der Waals surface area contributed by atoms with Crippen molar-refractivity contribution in [1.29, 1.82) is 0 Å². The molecule has 3 N–H and O–H groups in total. The van der Waals surface area contributed by atoms with Gasteiger partial charge in [-0.15, -0.1) is 0 Å². The number of nitrogens with two attached hydrogens (primary N) is 1. The van der Waals surface area contributed by atoms with Gasteiger partial charge < -0.3 is 11.1 Å². The van der Waals surface area contributed by atoms with Crippen LogP contribution in [0.1, 0.15) is 56.6 Å². The van der Waals surface area contributed by atoms with Crippen molar-refractivity contribution < 1.29 is 0 Å². The molecule has 1 heterocycles. The van der Waals surface area contributed by atoms with E-state index >= 15 is 0 Å². The van der Waals surface area contributed by atoms with Crippen LogP contribution in [0, 0.1) is 0 Å². The highest BCUT2D eigenvalue weighted by molar-refractivity contribution is 5.77. The van der Waals surface area contributed by atoms with Gasteiger partial charge in [0.25, 0.3) is 0 Å². The van der Waals surface area contributed by atoms with Crippen LogP contribution in [-0.2, 0) is 13.1 Å². The average molecular weight is 316 g/mol. The van der Waals surface area contributed by atoms with Crippen molar-refractivity contribution in [2.75, 3.05) is 19.6 Å². The van der Waals surface area contributed by atoms with E-state index in [4.69, 9.17) is 5.73 Å². The van der Waals surface area contributed by atoms with Gasteiger partial charge in [0.1, 0.15) is 0 Å². The van der Waals surface area contributed by atoms with Crippen LogP contribution >= 0.6 is 0 Å². The van der Waals surface area contributed by atoms with E-state index in [1.54, 1.807) is 0 Å². The first-order valence-corrected chi connectivity index (χ1v) is 9.12. The van der Waals surface area contributed by atoms with Crippen molar-refractivity contribution in [3.05, 3.63) is 35.4 Å². The maximum atomic E-state index is 5.91. The third-order valence-electron chi connectivity index (χ3n) is 4.40. The van der Waals surface area contributed by atoms with Gasteiger partial charge in [0.2, 0.25) is 0 Å². The first-order chi connectivity index (χ1) is 11.3. The Labute approximate surface area is 141 Å². The number of unbranched alkanes of at least 4 members (excludes halogenated alkanes) is 3. The molecule has 1 saturated heterocycles. The summed E-state index contributed by atoms with van der Waals surface area (Å²) in [7, 11) is 0. The van der Waals surface area contributed by atoms with Crippen LogP contribution in [0.3, 0.4) is 0 Å². The fraction of sp³-hybridized carbons (Fsp3) is 0.632. The van der Waals surface area contributed by atoms with Crippen LogP contribution < -0.4 is 11.1 Å². The lowest BCUT2D eigenvalue weighted by Crippen LogP contribution is -2.32. The number of nitrogens with zero attached hydrogens (tertiary/aromatic N) is 2. The number of rotatable bonds is 9. The van der Waals surface area contributed by atoms with Crippen LogP contribution in [0.25, 0.3) is 0 Å². The Balaban J connectivity index is 1.68. The lowest BCUT2D eigenvalue weighted by atomic mass is 10.1. The monoisotopic (exact) mass is 316 g/mol. The molecule has 0 unspecified atom stereocenters. The molecule has 0 aliphatic carbocycles. The number of hydrogen-bond donors (Lipinski definition) is 2. The van der Waals surface area contributed by atoms with Gasteiger partial charge >= 0.3 is 0 Å². The largest absolute Gasteiger partial charge is 0.370 e. The molecule has 4 nitrogen and oxygen atoms in total. The van der Waals surface area contributed by atoms with Crippen molar-refractivity contribution in [3.63, 3.8) is 0 Å². The highest BCUT2D eigenvalue weighted by Gasteiger charge is 2.11. The minimum absolute atomic E-state index is 0.558. The van der Waals surface area contributed by atoms with Gasteiger partial charge in [-0.3, -0.25) is 4.90 Å². The first-order valence-electron chi connectivity index (χ1n) is 9.12. The SMILES string of the molecule is CCCCCCNC(N)=NCc1ccc(CN2CCCC2)cc1. The normalized spacial score (nSPS) is 16.0. The topological polar surface area (TPSA) is 53.6 Å². The molecule has 1 aromatic carbocycles. The first kappa shape index (κ1) is 17.8. The molecule has 0 radical (unpaired) electrons. The molecule has 2 rings (SSSR count). The maximum Gasteiger partial charge on any atom is 0.188 e. The molecule has 23 heavy (non-hydrogen) atoms. The minimum atomic E-state index is 0.558. The number of hydrogen-bond acceptors (Lipinski definition) is 2. The van der Waals surface area contributed by atoms with Crippen molar-refractivity contribution >= 4 is 5.96 Å². The minimum Gasteiger partial charge on any atom is -0.370 e. The van der Waals surface area contributed by atoms with E-state index in [0.717, 1.165) is 19.5 Å². The third kappa shape index (κ3) is 7.04. The molecule has 4 heteroatoms. The number of benzene rings is 1. The zero-order valence-electron chi connectivity index (χ0n) is 14.6. The molecule has 0 bridgehead atoms. The van der Waals surface area contributed by atoms with Gasteiger partial charge in [0.05, 0.1) is 6.54 Å². The van der Waals surface area contributed by atoms with Crippen molar-refractivity contribution in [1.82, 2.24) is 10.2 Å². The van der Waals surface area contributed by atoms with Crippen LogP contribution in [0.2, 0.25) is 0 Å². The number of aliphatic imine (C=N–C) groups is 1. The molecule has 1 aliphatic heterocycles. The van der Waals surface area contributed by atoms with Gasteiger partial charge in [-0.25, -0.2) is 4.99 Å². The Bertz CT molecular complexity index is 461. The summed E-state index contributed by atoms with van der Waals surface area (Å²) in [6.45, 7) is 7.35. The number of likely N-dealkylation sites (tertiary alicyclic amines) is 1. The average Bonchev–Trinajstić information content (AvgIpc) is 3.07. The lowest BCUT2D eigenvalue weighted by Gasteiger charge is -2.14. The predicted octanol–water partition coefficient (Wildman–Crippen LogP) is 3.27. The van der Waals surface area contributed by atoms with Gasteiger partial charge in [0.15, 0.2) is 5.96 Å². The lowest BCUT2D eigenvalue weighted by molar-refractivity contribution is 0.331. The van der Waals surface area contributed by atoms with Crippen molar-refractivity contribution in [3.8, 4) is 0 Å². The molecular formula is C19H32N4. The summed E-state index contributed by atoms with van der Waals surface area (Å²) >= 11 is 0. The molecule has 0 atom stereocenters. The fourth-order valence-electron chi connectivity index (χ4n) is 2.95. The van der Waals surface area contributed by atoms with Crippen LogP contribution in [0.15, 0.2) is 29.3 Å². The molecule has 1 fully saturated rings. The summed E-state index contributed by atoms with van der Waals surface area (Å²) in [6.07, 6.45) is 7.67. The Morgan fingerprint density at radius 2 is 1.78 bits per heavy atom. The Morgan fingerprint density at radius 1 is 1.09 bits per heavy atom. The maximum absolute atomic E-state index is 5.91. The molecule has 0 spiro atoms. The van der Waals surface area contributed by atoms with E-state index in [2.05, 4.69) is 46.4 Å². The van der Waals surface area contributed by atoms with Gasteiger partial charge in [-0.05, 0) is 43.5 Å². The molecule has 128 valence electrons. The van der Waals surface area contributed by atoms with Crippen LogP contribution in [-0.4, -0.2) is 30.5 Å². The smallest absolute Gasteiger partial charge is 0.188 e. The third-order valence-corrected chi connectivity index (χ3v) is 4.40. The molecule has 0 saturated carbocycles. The zero-order valence-corrected chi connectivity index (χ0v) is 14.6. The molecular weight excluding hydrogens is 284 g/mol. The summed E-state index contributed by atoms with van der Waals surface area (Å²) in [5.74, 6) is 0.558. The van der Waals surface area contributed by atoms with Crippen LogP contribution in [0.4, 0.5) is 0 Å². The Hall–Kier alpha value is -1.55. The Kier molecular flexibility index (Phi) is 7.95. The second kappa shape index (κ2) is 10.3. The van der Waals surface area contributed by atoms with Crippen molar-refractivity contribution in [2.24, 2.45) is 10.7 Å². The highest BCUT2D eigenvalue weighted by atomic mass is 15.1. The van der Waals surface area contributed by atoms with Crippen LogP contribution in [0.5, 0.6) is 0 Å². The summed E-state index contributed by atoms with van der Waals surface area (Å²) in [6, 6.07) is 8.78. The van der Waals surface area contributed by atoms with Gasteiger partial charge in [0, 0.05) is 13.1 Å². The van der Waals surface area contributed by atoms with E-state index in [-0.39, 0.29) is 0 Å². The number of nitrogens with one attached hydrogen (secondary N) is 1. The van der Waals surface area contributed by atoms with Crippen molar-refractivity contribution in [2.45, 2.75) is 58.5 Å². The van der Waals surface area contributed by atoms with E-state index in [0.29, 0.717) is 12.5 Å².